The summed E-state index contributed by atoms with van der Waals surface area (Å²) in [6, 6.07) is 0.526. The van der Waals surface area contributed by atoms with Crippen LogP contribution in [-0.2, 0) is 4.74 Å². The lowest BCUT2D eigenvalue weighted by atomic mass is 9.97. The number of methoxy groups -OCH3 is 1. The van der Waals surface area contributed by atoms with Crippen molar-refractivity contribution in [3.05, 3.63) is 11.6 Å². The van der Waals surface area contributed by atoms with Crippen molar-refractivity contribution in [1.29, 1.82) is 0 Å². The SMILES string of the molecule is CCNC(CC(C)OC)C1=CCCCCC1. The summed E-state index contributed by atoms with van der Waals surface area (Å²) in [5.41, 5.74) is 1.61. The van der Waals surface area contributed by atoms with E-state index >= 15 is 0 Å². The van der Waals surface area contributed by atoms with Gasteiger partial charge in [-0.05, 0) is 45.6 Å². The van der Waals surface area contributed by atoms with Gasteiger partial charge in [-0.1, -0.05) is 25.0 Å². The van der Waals surface area contributed by atoms with Crippen LogP contribution >= 0.6 is 0 Å². The lowest BCUT2D eigenvalue weighted by Gasteiger charge is -2.23. The molecule has 2 unspecified atom stereocenters. The Kier molecular flexibility index (Phi) is 6.74. The van der Waals surface area contributed by atoms with Gasteiger partial charge in [0, 0.05) is 13.2 Å². The second kappa shape index (κ2) is 7.86. The van der Waals surface area contributed by atoms with Gasteiger partial charge in [0.1, 0.15) is 0 Å². The van der Waals surface area contributed by atoms with Crippen LogP contribution in [0.3, 0.4) is 0 Å². The number of likely N-dealkylation sites (N-methyl/N-ethyl adjacent to an activating group) is 1. The molecule has 0 aromatic carbocycles. The van der Waals surface area contributed by atoms with Crippen LogP contribution in [0, 0.1) is 0 Å². The molecule has 2 atom stereocenters. The van der Waals surface area contributed by atoms with Crippen LogP contribution < -0.4 is 5.32 Å². The van der Waals surface area contributed by atoms with E-state index in [0.29, 0.717) is 12.1 Å². The van der Waals surface area contributed by atoms with Crippen molar-refractivity contribution in [3.63, 3.8) is 0 Å². The molecule has 1 aliphatic rings. The zero-order valence-corrected chi connectivity index (χ0v) is 11.1. The number of hydrogen-bond acceptors (Lipinski definition) is 2. The molecule has 0 aromatic heterocycles. The predicted octanol–water partition coefficient (Wildman–Crippen LogP) is 3.28. The summed E-state index contributed by atoms with van der Waals surface area (Å²) in [6.45, 7) is 5.38. The van der Waals surface area contributed by atoms with E-state index in [1.54, 1.807) is 12.7 Å². The minimum Gasteiger partial charge on any atom is -0.382 e. The predicted molar refractivity (Wildman–Crippen MR) is 69.7 cm³/mol. The third-order valence-corrected chi connectivity index (χ3v) is 3.44. The Morgan fingerprint density at radius 2 is 2.19 bits per heavy atom. The monoisotopic (exact) mass is 225 g/mol. The molecule has 0 amide bonds. The van der Waals surface area contributed by atoms with Gasteiger partial charge in [-0.2, -0.15) is 0 Å². The molecular weight excluding hydrogens is 198 g/mol. The molecule has 0 saturated heterocycles. The number of allylic oxidation sites excluding steroid dienone is 1. The lowest BCUT2D eigenvalue weighted by Crippen LogP contribution is -2.34. The van der Waals surface area contributed by atoms with E-state index in [9.17, 15) is 0 Å². The van der Waals surface area contributed by atoms with E-state index in [1.165, 1.54) is 32.1 Å². The molecule has 0 bridgehead atoms. The third-order valence-electron chi connectivity index (χ3n) is 3.44. The molecule has 0 spiro atoms. The Morgan fingerprint density at radius 1 is 1.38 bits per heavy atom. The molecule has 2 nitrogen and oxygen atoms in total. The van der Waals surface area contributed by atoms with E-state index in [4.69, 9.17) is 4.74 Å². The Hall–Kier alpha value is -0.340. The summed E-state index contributed by atoms with van der Waals surface area (Å²) in [5, 5.41) is 3.60. The van der Waals surface area contributed by atoms with Crippen molar-refractivity contribution in [2.75, 3.05) is 13.7 Å². The molecule has 0 aromatic rings. The Balaban J connectivity index is 2.55. The number of rotatable bonds is 6. The van der Waals surface area contributed by atoms with Crippen molar-refractivity contribution >= 4 is 0 Å². The van der Waals surface area contributed by atoms with Gasteiger partial charge in [0.15, 0.2) is 0 Å². The summed E-state index contributed by atoms with van der Waals surface area (Å²) in [7, 11) is 1.80. The topological polar surface area (TPSA) is 21.3 Å². The molecule has 16 heavy (non-hydrogen) atoms. The molecular formula is C14H27NO. The minimum absolute atomic E-state index is 0.341. The second-order valence-electron chi connectivity index (χ2n) is 4.77. The maximum Gasteiger partial charge on any atom is 0.0561 e. The van der Waals surface area contributed by atoms with Gasteiger partial charge < -0.3 is 10.1 Å². The first kappa shape index (κ1) is 13.7. The average molecular weight is 225 g/mol. The molecule has 0 radical (unpaired) electrons. The summed E-state index contributed by atoms with van der Waals surface area (Å²) in [5.74, 6) is 0. The van der Waals surface area contributed by atoms with Gasteiger partial charge >= 0.3 is 0 Å². The van der Waals surface area contributed by atoms with E-state index in [1.807, 2.05) is 0 Å². The zero-order valence-electron chi connectivity index (χ0n) is 11.1. The van der Waals surface area contributed by atoms with Crippen LogP contribution in [0.5, 0.6) is 0 Å². The smallest absolute Gasteiger partial charge is 0.0561 e. The zero-order chi connectivity index (χ0) is 11.8. The van der Waals surface area contributed by atoms with Crippen molar-refractivity contribution in [3.8, 4) is 0 Å². The van der Waals surface area contributed by atoms with E-state index < -0.39 is 0 Å². The highest BCUT2D eigenvalue weighted by Gasteiger charge is 2.17. The van der Waals surface area contributed by atoms with Gasteiger partial charge in [0.05, 0.1) is 6.10 Å². The van der Waals surface area contributed by atoms with Gasteiger partial charge in [0.2, 0.25) is 0 Å². The van der Waals surface area contributed by atoms with Crippen LogP contribution in [0.4, 0.5) is 0 Å². The number of hydrogen-bond donors (Lipinski definition) is 1. The fourth-order valence-corrected chi connectivity index (χ4v) is 2.40. The van der Waals surface area contributed by atoms with Crippen LogP contribution in [0.1, 0.15) is 52.4 Å². The molecule has 2 heteroatoms. The van der Waals surface area contributed by atoms with Crippen LogP contribution in [0.2, 0.25) is 0 Å². The molecule has 0 fully saturated rings. The molecule has 0 heterocycles. The standard InChI is InChI=1S/C14H27NO/c1-4-15-14(11-12(2)16-3)13-9-7-5-6-8-10-13/h9,12,14-15H,4-8,10-11H2,1-3H3. The van der Waals surface area contributed by atoms with Gasteiger partial charge in [-0.15, -0.1) is 0 Å². The summed E-state index contributed by atoms with van der Waals surface area (Å²) in [4.78, 5) is 0. The number of ether oxygens (including phenoxy) is 1. The molecule has 1 aliphatic carbocycles. The highest BCUT2D eigenvalue weighted by atomic mass is 16.5. The van der Waals surface area contributed by atoms with Crippen LogP contribution in [0.25, 0.3) is 0 Å². The maximum atomic E-state index is 5.38. The fourth-order valence-electron chi connectivity index (χ4n) is 2.40. The normalized spacial score (nSPS) is 21.1. The maximum absolute atomic E-state index is 5.38. The van der Waals surface area contributed by atoms with Crippen molar-refractivity contribution in [2.24, 2.45) is 0 Å². The first-order valence-corrected chi connectivity index (χ1v) is 6.73. The Labute approximate surface area is 100 Å². The quantitative estimate of drug-likeness (QED) is 0.700. The van der Waals surface area contributed by atoms with E-state index in [0.717, 1.165) is 13.0 Å². The third kappa shape index (κ3) is 4.67. The second-order valence-corrected chi connectivity index (χ2v) is 4.77. The van der Waals surface area contributed by atoms with Crippen molar-refractivity contribution < 1.29 is 4.74 Å². The Bertz CT molecular complexity index is 213. The summed E-state index contributed by atoms with van der Waals surface area (Å²) < 4.78 is 5.38. The highest BCUT2D eigenvalue weighted by Crippen LogP contribution is 2.22. The molecule has 1 N–H and O–H groups in total. The minimum atomic E-state index is 0.341. The molecule has 1 rings (SSSR count). The summed E-state index contributed by atoms with van der Waals surface area (Å²) in [6.07, 6.45) is 10.5. The summed E-state index contributed by atoms with van der Waals surface area (Å²) >= 11 is 0. The van der Waals surface area contributed by atoms with Gasteiger partial charge in [-0.3, -0.25) is 0 Å². The molecule has 94 valence electrons. The van der Waals surface area contributed by atoms with Crippen molar-refractivity contribution in [1.82, 2.24) is 5.32 Å². The first-order chi connectivity index (χ1) is 7.77. The Morgan fingerprint density at radius 3 is 2.88 bits per heavy atom. The van der Waals surface area contributed by atoms with E-state index in [-0.39, 0.29) is 0 Å². The highest BCUT2D eigenvalue weighted by molar-refractivity contribution is 5.12. The van der Waals surface area contributed by atoms with Gasteiger partial charge in [0.25, 0.3) is 0 Å². The largest absolute Gasteiger partial charge is 0.382 e. The molecule has 0 aliphatic heterocycles. The van der Waals surface area contributed by atoms with E-state index in [2.05, 4.69) is 25.2 Å². The average Bonchev–Trinajstić information content (AvgIpc) is 2.56. The van der Waals surface area contributed by atoms with Crippen LogP contribution in [0.15, 0.2) is 11.6 Å². The van der Waals surface area contributed by atoms with Crippen LogP contribution in [-0.4, -0.2) is 25.8 Å². The molecule has 0 saturated carbocycles. The lowest BCUT2D eigenvalue weighted by molar-refractivity contribution is 0.104. The van der Waals surface area contributed by atoms with Crippen molar-refractivity contribution in [2.45, 2.75) is 64.5 Å². The fraction of sp³-hybridized carbons (Fsp3) is 0.857. The first-order valence-electron chi connectivity index (χ1n) is 6.73. The number of nitrogens with one attached hydrogen (secondary N) is 1. The van der Waals surface area contributed by atoms with Gasteiger partial charge in [-0.25, -0.2) is 0 Å².